The Bertz CT molecular complexity index is 762. The van der Waals surface area contributed by atoms with Crippen LogP contribution in [0.25, 0.3) is 0 Å². The van der Waals surface area contributed by atoms with Crippen molar-refractivity contribution in [3.63, 3.8) is 0 Å². The number of carbonyl (C=O) groups is 2. The van der Waals surface area contributed by atoms with Crippen LogP contribution in [-0.2, 0) is 0 Å². The van der Waals surface area contributed by atoms with E-state index in [1.54, 1.807) is 24.3 Å². The number of hydrogen-bond donors (Lipinski definition) is 2. The van der Waals surface area contributed by atoms with Crippen molar-refractivity contribution in [2.24, 2.45) is 0 Å². The molecule has 0 saturated carbocycles. The Labute approximate surface area is 152 Å². The van der Waals surface area contributed by atoms with Gasteiger partial charge in [0.2, 0.25) is 0 Å². The molecule has 0 aliphatic carbocycles. The predicted molar refractivity (Wildman–Crippen MR) is 100 cm³/mol. The lowest BCUT2D eigenvalue weighted by Crippen LogP contribution is -2.25. The summed E-state index contributed by atoms with van der Waals surface area (Å²) in [5.74, 6) is -0.568. The van der Waals surface area contributed by atoms with E-state index in [2.05, 4.69) is 22.5 Å². The molecule has 1 aromatic heterocycles. The van der Waals surface area contributed by atoms with E-state index >= 15 is 0 Å². The lowest BCUT2D eigenvalue weighted by Gasteiger charge is -2.09. The minimum absolute atomic E-state index is 0.190. The number of unbranched alkanes of at least 4 members (excludes halogenated alkanes) is 2. The van der Waals surface area contributed by atoms with Crippen molar-refractivity contribution in [2.75, 3.05) is 11.9 Å². The number of carbonyl (C=O) groups excluding carboxylic acids is 2. The molecule has 0 bridgehead atoms. The van der Waals surface area contributed by atoms with Gasteiger partial charge >= 0.3 is 0 Å². The number of nitrogens with one attached hydrogen (secondary N) is 2. The molecule has 1 heterocycles. The van der Waals surface area contributed by atoms with Gasteiger partial charge in [0.25, 0.3) is 11.8 Å². The fraction of sp³-hybridized carbons (Fsp3) is 0.316. The Hall–Kier alpha value is -2.40. The van der Waals surface area contributed by atoms with Crippen LogP contribution in [0.3, 0.4) is 0 Å². The number of nitrogens with zero attached hydrogens (tertiary/aromatic N) is 1. The van der Waals surface area contributed by atoms with E-state index in [9.17, 15) is 9.59 Å². The van der Waals surface area contributed by atoms with E-state index in [1.807, 2.05) is 6.92 Å². The summed E-state index contributed by atoms with van der Waals surface area (Å²) in [5.41, 5.74) is 2.12. The Kier molecular flexibility index (Phi) is 6.95. The zero-order valence-corrected chi connectivity index (χ0v) is 15.2. The molecule has 2 aromatic rings. The van der Waals surface area contributed by atoms with Crippen molar-refractivity contribution in [3.8, 4) is 0 Å². The second-order valence-corrected chi connectivity index (χ2v) is 6.24. The zero-order valence-electron chi connectivity index (χ0n) is 14.4. The molecule has 25 heavy (non-hydrogen) atoms. The Morgan fingerprint density at radius 1 is 1.12 bits per heavy atom. The monoisotopic (exact) mass is 359 g/mol. The number of rotatable bonds is 7. The van der Waals surface area contributed by atoms with E-state index in [1.165, 1.54) is 12.3 Å². The molecule has 0 radical (unpaired) electrons. The number of aryl methyl sites for hydroxylation is 1. The first kappa shape index (κ1) is 18.9. The molecule has 2 rings (SSSR count). The molecular weight excluding hydrogens is 338 g/mol. The predicted octanol–water partition coefficient (Wildman–Crippen LogP) is 4.22. The highest BCUT2D eigenvalue weighted by molar-refractivity contribution is 6.30. The number of aromatic nitrogens is 1. The summed E-state index contributed by atoms with van der Waals surface area (Å²) in [7, 11) is 0. The van der Waals surface area contributed by atoms with Gasteiger partial charge in [0.1, 0.15) is 5.69 Å². The van der Waals surface area contributed by atoms with Gasteiger partial charge in [-0.15, -0.1) is 0 Å². The highest BCUT2D eigenvalue weighted by atomic mass is 35.5. The summed E-state index contributed by atoms with van der Waals surface area (Å²) in [6, 6.07) is 8.30. The summed E-state index contributed by atoms with van der Waals surface area (Å²) >= 11 is 5.92. The molecule has 132 valence electrons. The highest BCUT2D eigenvalue weighted by Gasteiger charge is 2.13. The number of amides is 2. The van der Waals surface area contributed by atoms with Crippen LogP contribution in [0.15, 0.2) is 36.5 Å². The van der Waals surface area contributed by atoms with E-state index in [-0.39, 0.29) is 17.5 Å². The van der Waals surface area contributed by atoms with Gasteiger partial charge in [-0.25, -0.2) is 0 Å². The van der Waals surface area contributed by atoms with Gasteiger partial charge < -0.3 is 10.6 Å². The lowest BCUT2D eigenvalue weighted by molar-refractivity contribution is 0.0953. The van der Waals surface area contributed by atoms with Crippen LogP contribution in [0.1, 0.15) is 52.6 Å². The first-order chi connectivity index (χ1) is 12.0. The van der Waals surface area contributed by atoms with Gasteiger partial charge in [-0.1, -0.05) is 31.4 Å². The third kappa shape index (κ3) is 5.57. The second-order valence-electron chi connectivity index (χ2n) is 5.81. The maximum atomic E-state index is 12.4. The topological polar surface area (TPSA) is 71.1 Å². The van der Waals surface area contributed by atoms with Crippen molar-refractivity contribution in [3.05, 3.63) is 58.4 Å². The molecule has 6 heteroatoms. The fourth-order valence-corrected chi connectivity index (χ4v) is 2.56. The molecule has 0 fully saturated rings. The molecule has 0 atom stereocenters. The number of halogens is 1. The van der Waals surface area contributed by atoms with Crippen molar-refractivity contribution in [1.82, 2.24) is 10.3 Å². The Morgan fingerprint density at radius 2 is 1.92 bits per heavy atom. The average Bonchev–Trinajstić information content (AvgIpc) is 2.61. The standard InChI is InChI=1S/C19H22ClN3O2/c1-3-4-5-9-22-18(24)14-8-10-21-17(12-14)19(25)23-16-7-6-15(20)11-13(16)2/h6-8,10-12H,3-5,9H2,1-2H3,(H,22,24)(H,23,25). The number of pyridine rings is 1. The van der Waals surface area contributed by atoms with Crippen molar-refractivity contribution in [2.45, 2.75) is 33.1 Å². The van der Waals surface area contributed by atoms with Gasteiger partial charge in [0.15, 0.2) is 0 Å². The maximum absolute atomic E-state index is 12.4. The van der Waals surface area contributed by atoms with Crippen LogP contribution in [0.5, 0.6) is 0 Å². The van der Waals surface area contributed by atoms with Crippen LogP contribution in [-0.4, -0.2) is 23.3 Å². The minimum Gasteiger partial charge on any atom is -0.352 e. The van der Waals surface area contributed by atoms with Crippen LogP contribution >= 0.6 is 11.6 Å². The molecule has 2 N–H and O–H groups in total. The van der Waals surface area contributed by atoms with Gasteiger partial charge in [-0.2, -0.15) is 0 Å². The van der Waals surface area contributed by atoms with Crippen LogP contribution < -0.4 is 10.6 Å². The largest absolute Gasteiger partial charge is 0.352 e. The van der Waals surface area contributed by atoms with Crippen LogP contribution in [0.2, 0.25) is 5.02 Å². The molecule has 1 aromatic carbocycles. The summed E-state index contributed by atoms with van der Waals surface area (Å²) < 4.78 is 0. The maximum Gasteiger partial charge on any atom is 0.274 e. The van der Waals surface area contributed by atoms with Crippen molar-refractivity contribution in [1.29, 1.82) is 0 Å². The summed E-state index contributed by atoms with van der Waals surface area (Å²) in [6.45, 7) is 4.59. The third-order valence-electron chi connectivity index (χ3n) is 3.76. The highest BCUT2D eigenvalue weighted by Crippen LogP contribution is 2.20. The molecule has 0 unspecified atom stereocenters. The number of anilines is 1. The first-order valence-corrected chi connectivity index (χ1v) is 8.71. The number of hydrogen-bond acceptors (Lipinski definition) is 3. The van der Waals surface area contributed by atoms with Crippen molar-refractivity contribution >= 4 is 29.1 Å². The molecular formula is C19H22ClN3O2. The zero-order chi connectivity index (χ0) is 18.2. The van der Waals surface area contributed by atoms with Crippen LogP contribution in [0, 0.1) is 6.92 Å². The van der Waals surface area contributed by atoms with E-state index in [4.69, 9.17) is 11.6 Å². The van der Waals surface area contributed by atoms with E-state index in [0.717, 1.165) is 24.8 Å². The first-order valence-electron chi connectivity index (χ1n) is 8.33. The van der Waals surface area contributed by atoms with Gasteiger partial charge in [0, 0.05) is 29.0 Å². The normalized spacial score (nSPS) is 10.4. The molecule has 0 aliphatic rings. The smallest absolute Gasteiger partial charge is 0.274 e. The third-order valence-corrected chi connectivity index (χ3v) is 3.99. The fourth-order valence-electron chi connectivity index (χ4n) is 2.33. The molecule has 0 spiro atoms. The van der Waals surface area contributed by atoms with Gasteiger partial charge in [-0.05, 0) is 49.2 Å². The average molecular weight is 360 g/mol. The molecule has 0 aliphatic heterocycles. The van der Waals surface area contributed by atoms with Gasteiger partial charge in [-0.3, -0.25) is 14.6 Å². The second kappa shape index (κ2) is 9.18. The molecule has 5 nitrogen and oxygen atoms in total. The summed E-state index contributed by atoms with van der Waals surface area (Å²) in [5, 5.41) is 6.25. The SMILES string of the molecule is CCCCCNC(=O)c1ccnc(C(=O)Nc2ccc(Cl)cc2C)c1. The summed E-state index contributed by atoms with van der Waals surface area (Å²) in [6.07, 6.45) is 4.57. The Morgan fingerprint density at radius 3 is 2.64 bits per heavy atom. The van der Waals surface area contributed by atoms with E-state index < -0.39 is 0 Å². The minimum atomic E-state index is -0.369. The quantitative estimate of drug-likeness (QED) is 0.727. The number of benzene rings is 1. The van der Waals surface area contributed by atoms with Crippen molar-refractivity contribution < 1.29 is 9.59 Å². The van der Waals surface area contributed by atoms with Gasteiger partial charge in [0.05, 0.1) is 0 Å². The molecule has 0 saturated heterocycles. The lowest BCUT2D eigenvalue weighted by atomic mass is 10.1. The van der Waals surface area contributed by atoms with E-state index in [0.29, 0.717) is 22.8 Å². The Balaban J connectivity index is 2.04. The summed E-state index contributed by atoms with van der Waals surface area (Å²) in [4.78, 5) is 28.6. The molecule has 2 amide bonds. The van der Waals surface area contributed by atoms with Crippen LogP contribution in [0.4, 0.5) is 5.69 Å².